The van der Waals surface area contributed by atoms with E-state index in [-0.39, 0.29) is 26.6 Å². The maximum absolute atomic E-state index is 13.8. The molecule has 0 amide bonds. The van der Waals surface area contributed by atoms with Crippen molar-refractivity contribution in [3.63, 3.8) is 0 Å². The van der Waals surface area contributed by atoms with Crippen LogP contribution in [0.2, 0.25) is 0 Å². The summed E-state index contributed by atoms with van der Waals surface area (Å²) in [6.45, 7) is -0.423. The number of aromatic nitrogens is 2. The van der Waals surface area contributed by atoms with Gasteiger partial charge in [-0.05, 0) is 53.1 Å². The number of nitrogens with one attached hydrogen (secondary N) is 1. The molecule has 5 rings (SSSR count). The second kappa shape index (κ2) is 12.2. The summed E-state index contributed by atoms with van der Waals surface area (Å²) < 4.78 is 67.4. The van der Waals surface area contributed by atoms with Gasteiger partial charge >= 0.3 is 12.1 Å². The third-order valence-corrected chi connectivity index (χ3v) is 7.98. The molecule has 0 unspecified atom stereocenters. The van der Waals surface area contributed by atoms with Crippen LogP contribution in [0, 0.1) is 0 Å². The Morgan fingerprint density at radius 1 is 0.907 bits per heavy atom. The number of nitrogens with zero attached hydrogens (tertiary/aromatic N) is 4. The number of benzene rings is 3. The fourth-order valence-electron chi connectivity index (χ4n) is 4.12. The molecule has 3 aromatic carbocycles. The van der Waals surface area contributed by atoms with Gasteiger partial charge in [0.15, 0.2) is 0 Å². The first kappa shape index (κ1) is 29.8. The van der Waals surface area contributed by atoms with Gasteiger partial charge in [0.1, 0.15) is 0 Å². The summed E-state index contributed by atoms with van der Waals surface area (Å²) in [6.07, 6.45) is -0.730. The largest absolute Gasteiger partial charge is 0.416 e. The molecule has 0 saturated heterocycles. The summed E-state index contributed by atoms with van der Waals surface area (Å²) in [6, 6.07) is 22.4. The standard InChI is InChI=1S/C29H22F3N5O5S/c30-29(31,32)25-11-8-23-15-24(18-34-27(23)16-25)28(38)42-37(35-39)36(19-20-5-4-14-33-17-20)43(40,41)26-12-9-22(10-13-26)21-6-2-1-3-7-21/h1-18,35,39H,19H2. The number of sulfonamides is 1. The third kappa shape index (κ3) is 6.69. The van der Waals surface area contributed by atoms with Crippen LogP contribution in [0.3, 0.4) is 0 Å². The quantitative estimate of drug-likeness (QED) is 0.212. The predicted molar refractivity (Wildman–Crippen MR) is 148 cm³/mol. The number of rotatable bonds is 9. The molecule has 5 aromatic rings. The zero-order chi connectivity index (χ0) is 30.6. The lowest BCUT2D eigenvalue weighted by molar-refractivity contribution is -0.300. The SMILES string of the molecule is O=C(ON(NO)N(Cc1cccnc1)S(=O)(=O)c1ccc(-c2ccccc2)cc1)c1cnc2cc(C(F)(F)F)ccc2c1. The van der Waals surface area contributed by atoms with Gasteiger partial charge in [0, 0.05) is 29.3 Å². The fraction of sp³-hybridized carbons (Fsp3) is 0.0690. The first-order chi connectivity index (χ1) is 20.6. The van der Waals surface area contributed by atoms with Crippen molar-refractivity contribution in [1.29, 1.82) is 0 Å². The number of pyridine rings is 2. The van der Waals surface area contributed by atoms with E-state index < -0.39 is 34.3 Å². The molecule has 0 radical (unpaired) electrons. The summed E-state index contributed by atoms with van der Waals surface area (Å²) >= 11 is 0. The fourth-order valence-corrected chi connectivity index (χ4v) is 5.43. The minimum absolute atomic E-state index is 0.0248. The number of carbonyl (C=O) groups is 1. The molecule has 2 aromatic heterocycles. The molecule has 0 saturated carbocycles. The van der Waals surface area contributed by atoms with E-state index in [0.717, 1.165) is 35.5 Å². The summed E-state index contributed by atoms with van der Waals surface area (Å²) in [5.41, 5.74) is 2.42. The monoisotopic (exact) mass is 609 g/mol. The molecule has 0 fully saturated rings. The van der Waals surface area contributed by atoms with E-state index >= 15 is 0 Å². The van der Waals surface area contributed by atoms with Gasteiger partial charge < -0.3 is 4.84 Å². The number of alkyl halides is 3. The predicted octanol–water partition coefficient (Wildman–Crippen LogP) is 5.39. The van der Waals surface area contributed by atoms with Crippen LogP contribution in [0.25, 0.3) is 22.0 Å². The van der Waals surface area contributed by atoms with Gasteiger partial charge in [-0.3, -0.25) is 15.2 Å². The van der Waals surface area contributed by atoms with Crippen molar-refractivity contribution in [2.75, 3.05) is 0 Å². The summed E-state index contributed by atoms with van der Waals surface area (Å²) in [5, 5.41) is 10.3. The van der Waals surface area contributed by atoms with E-state index in [0.29, 0.717) is 9.98 Å². The Hall–Kier alpha value is -4.73. The molecule has 0 aliphatic rings. The van der Waals surface area contributed by atoms with Crippen LogP contribution in [0.4, 0.5) is 13.2 Å². The number of fused-ring (bicyclic) bond motifs is 1. The molecule has 0 spiro atoms. The lowest BCUT2D eigenvalue weighted by Gasteiger charge is -2.30. The Morgan fingerprint density at radius 2 is 1.63 bits per heavy atom. The first-order valence-corrected chi connectivity index (χ1v) is 14.0. The van der Waals surface area contributed by atoms with E-state index in [1.54, 1.807) is 29.9 Å². The van der Waals surface area contributed by atoms with Crippen LogP contribution in [0.1, 0.15) is 21.5 Å². The molecule has 10 nitrogen and oxygen atoms in total. The Morgan fingerprint density at radius 3 is 2.28 bits per heavy atom. The van der Waals surface area contributed by atoms with Gasteiger partial charge in [-0.1, -0.05) is 64.6 Å². The molecule has 43 heavy (non-hydrogen) atoms. The second-order valence-corrected chi connectivity index (χ2v) is 11.0. The molecule has 0 bridgehead atoms. The smallest absolute Gasteiger partial charge is 0.330 e. The molecular formula is C29H22F3N5O5S. The number of carbonyl (C=O) groups excluding carboxylic acids is 1. The van der Waals surface area contributed by atoms with Crippen molar-refractivity contribution >= 4 is 26.9 Å². The van der Waals surface area contributed by atoms with Crippen LogP contribution in [-0.2, 0) is 27.6 Å². The van der Waals surface area contributed by atoms with Crippen LogP contribution < -0.4 is 5.59 Å². The summed E-state index contributed by atoms with van der Waals surface area (Å²) in [4.78, 5) is 25.9. The van der Waals surface area contributed by atoms with Crippen LogP contribution in [-0.4, -0.2) is 39.3 Å². The molecule has 0 aliphatic carbocycles. The number of hydrogen-bond acceptors (Lipinski definition) is 9. The zero-order valence-corrected chi connectivity index (χ0v) is 22.8. The van der Waals surface area contributed by atoms with E-state index in [9.17, 15) is 31.6 Å². The highest BCUT2D eigenvalue weighted by molar-refractivity contribution is 7.89. The molecule has 2 heterocycles. The van der Waals surface area contributed by atoms with E-state index in [2.05, 4.69) is 9.97 Å². The maximum Gasteiger partial charge on any atom is 0.416 e. The van der Waals surface area contributed by atoms with Gasteiger partial charge in [0.05, 0.1) is 28.1 Å². The highest BCUT2D eigenvalue weighted by Crippen LogP contribution is 2.31. The molecule has 0 aliphatic heterocycles. The van der Waals surface area contributed by atoms with Crippen LogP contribution in [0.5, 0.6) is 0 Å². The highest BCUT2D eigenvalue weighted by Gasteiger charge is 2.34. The van der Waals surface area contributed by atoms with Crippen molar-refractivity contribution in [2.45, 2.75) is 17.6 Å². The Bertz CT molecular complexity index is 1840. The van der Waals surface area contributed by atoms with E-state index in [1.807, 2.05) is 30.3 Å². The highest BCUT2D eigenvalue weighted by atomic mass is 32.2. The second-order valence-electron chi connectivity index (χ2n) is 9.12. The zero-order valence-electron chi connectivity index (χ0n) is 22.0. The Balaban J connectivity index is 1.45. The average molecular weight is 610 g/mol. The van der Waals surface area contributed by atoms with Gasteiger partial charge in [0.2, 0.25) is 0 Å². The van der Waals surface area contributed by atoms with Crippen molar-refractivity contribution < 1.29 is 36.4 Å². The van der Waals surface area contributed by atoms with Crippen LogP contribution in [0.15, 0.2) is 114 Å². The maximum atomic E-state index is 13.8. The van der Waals surface area contributed by atoms with Crippen LogP contribution >= 0.6 is 0 Å². The van der Waals surface area contributed by atoms with Crippen molar-refractivity contribution in [2.24, 2.45) is 0 Å². The molecule has 0 atom stereocenters. The van der Waals surface area contributed by atoms with E-state index in [4.69, 9.17) is 4.84 Å². The van der Waals surface area contributed by atoms with Crippen molar-refractivity contribution in [3.05, 3.63) is 126 Å². The van der Waals surface area contributed by atoms with E-state index in [1.165, 1.54) is 30.6 Å². The Kier molecular flexibility index (Phi) is 8.47. The van der Waals surface area contributed by atoms with Gasteiger partial charge in [0.25, 0.3) is 10.0 Å². The number of hydrazine groups is 2. The lowest BCUT2D eigenvalue weighted by atomic mass is 10.1. The average Bonchev–Trinajstić information content (AvgIpc) is 3.02. The van der Waals surface area contributed by atoms with Gasteiger partial charge in [-0.2, -0.15) is 13.2 Å². The number of hydrogen-bond donors (Lipinski definition) is 2. The lowest BCUT2D eigenvalue weighted by Crippen LogP contribution is -2.52. The van der Waals surface area contributed by atoms with Crippen molar-refractivity contribution in [1.82, 2.24) is 25.3 Å². The topological polar surface area (TPSA) is 125 Å². The minimum atomic E-state index is -4.58. The molecule has 14 heteroatoms. The third-order valence-electron chi connectivity index (χ3n) is 6.28. The number of halogens is 3. The summed E-state index contributed by atoms with van der Waals surface area (Å²) in [5.74, 6) is -1.17. The molecule has 2 N–H and O–H groups in total. The normalized spacial score (nSPS) is 12.1. The molecule has 220 valence electrons. The van der Waals surface area contributed by atoms with Gasteiger partial charge in [-0.25, -0.2) is 13.2 Å². The summed E-state index contributed by atoms with van der Waals surface area (Å²) in [7, 11) is -4.48. The minimum Gasteiger partial charge on any atom is -0.330 e. The van der Waals surface area contributed by atoms with Crippen molar-refractivity contribution in [3.8, 4) is 11.1 Å². The van der Waals surface area contributed by atoms with Gasteiger partial charge in [-0.15, -0.1) is 0 Å². The first-order valence-electron chi connectivity index (χ1n) is 12.5. The Labute approximate surface area is 243 Å². The molecular weight excluding hydrogens is 587 g/mol.